The first-order valence-corrected chi connectivity index (χ1v) is 7.96. The monoisotopic (exact) mass is 325 g/mol. The van der Waals surface area contributed by atoms with Gasteiger partial charge in [-0.15, -0.1) is 11.8 Å². The van der Waals surface area contributed by atoms with Gasteiger partial charge in [0.25, 0.3) is 0 Å². The average molecular weight is 326 g/mol. The van der Waals surface area contributed by atoms with Crippen molar-refractivity contribution in [3.8, 4) is 0 Å². The predicted molar refractivity (Wildman–Crippen MR) is 87.4 cm³/mol. The summed E-state index contributed by atoms with van der Waals surface area (Å²) >= 11 is 7.58. The normalized spacial score (nSPS) is 16.5. The summed E-state index contributed by atoms with van der Waals surface area (Å²) in [6.45, 7) is 8.12. The third kappa shape index (κ3) is 3.99. The van der Waals surface area contributed by atoms with Gasteiger partial charge >= 0.3 is 0 Å². The Balaban J connectivity index is 2.41. The zero-order valence-corrected chi connectivity index (χ0v) is 14.2. The molecule has 0 saturated heterocycles. The fraction of sp³-hybridized carbons (Fsp3) is 0.467. The van der Waals surface area contributed by atoms with Crippen LogP contribution in [0.5, 0.6) is 0 Å². The first-order valence-electron chi connectivity index (χ1n) is 6.70. The molecule has 2 rings (SSSR count). The van der Waals surface area contributed by atoms with Crippen LogP contribution >= 0.6 is 23.4 Å². The molecule has 0 saturated carbocycles. The number of nitrogens with zero attached hydrogens (tertiary/aromatic N) is 3. The van der Waals surface area contributed by atoms with E-state index in [4.69, 9.17) is 11.6 Å². The second kappa shape index (κ2) is 5.99. The van der Waals surface area contributed by atoms with Gasteiger partial charge in [0.1, 0.15) is 23.6 Å². The van der Waals surface area contributed by atoms with Crippen LogP contribution in [-0.4, -0.2) is 24.6 Å². The Hall–Kier alpha value is -1.04. The Morgan fingerprint density at radius 1 is 1.19 bits per heavy atom. The van der Waals surface area contributed by atoms with Crippen molar-refractivity contribution in [2.45, 2.75) is 43.4 Å². The van der Waals surface area contributed by atoms with Gasteiger partial charge in [-0.2, -0.15) is 5.10 Å². The van der Waals surface area contributed by atoms with Crippen LogP contribution < -0.4 is 0 Å². The van der Waals surface area contributed by atoms with Gasteiger partial charge in [0, 0.05) is 9.77 Å². The molecule has 1 N–H and O–H groups in total. The quantitative estimate of drug-likeness (QED) is 0.927. The summed E-state index contributed by atoms with van der Waals surface area (Å²) in [5.74, 6) is 0. The summed E-state index contributed by atoms with van der Waals surface area (Å²) in [5.41, 5.74) is -0.305. The molecule has 6 heteroatoms. The second-order valence-electron chi connectivity index (χ2n) is 6.11. The molecule has 2 unspecified atom stereocenters. The minimum Gasteiger partial charge on any atom is -0.382 e. The zero-order chi connectivity index (χ0) is 15.7. The average Bonchev–Trinajstić information content (AvgIpc) is 2.89. The SMILES string of the molecule is CC(C)(C)SC(n1cncn1)C(C)(O)c1ccc(Cl)cc1. The minimum absolute atomic E-state index is 0.0347. The van der Waals surface area contributed by atoms with Crippen molar-refractivity contribution in [2.75, 3.05) is 0 Å². The van der Waals surface area contributed by atoms with Gasteiger partial charge in [0.2, 0.25) is 0 Å². The van der Waals surface area contributed by atoms with Gasteiger partial charge in [0.05, 0.1) is 0 Å². The molecule has 0 spiro atoms. The third-order valence-corrected chi connectivity index (χ3v) is 4.91. The summed E-state index contributed by atoms with van der Waals surface area (Å²) in [6.07, 6.45) is 3.11. The highest BCUT2D eigenvalue weighted by Crippen LogP contribution is 2.45. The van der Waals surface area contributed by atoms with Crippen molar-refractivity contribution in [3.05, 3.63) is 47.5 Å². The lowest BCUT2D eigenvalue weighted by molar-refractivity contribution is 0.0298. The predicted octanol–water partition coefficient (Wildman–Crippen LogP) is 3.87. The molecule has 2 atom stereocenters. The van der Waals surface area contributed by atoms with E-state index < -0.39 is 5.60 Å². The molecule has 114 valence electrons. The summed E-state index contributed by atoms with van der Waals surface area (Å²) in [4.78, 5) is 4.00. The number of aromatic nitrogens is 3. The molecule has 1 aromatic heterocycles. The number of aliphatic hydroxyl groups is 1. The van der Waals surface area contributed by atoms with Crippen molar-refractivity contribution in [3.63, 3.8) is 0 Å². The standard InChI is InChI=1S/C15H20ClN3OS/c1-14(2,3)21-13(19-10-17-9-18-19)15(4,20)11-5-7-12(16)8-6-11/h5-10,13,20H,1-4H3. The second-order valence-corrected chi connectivity index (χ2v) is 8.46. The molecule has 4 nitrogen and oxygen atoms in total. The van der Waals surface area contributed by atoms with E-state index in [-0.39, 0.29) is 10.1 Å². The van der Waals surface area contributed by atoms with Crippen LogP contribution in [-0.2, 0) is 5.60 Å². The summed E-state index contributed by atoms with van der Waals surface area (Å²) < 4.78 is 1.66. The van der Waals surface area contributed by atoms with Gasteiger partial charge in [-0.1, -0.05) is 44.5 Å². The van der Waals surface area contributed by atoms with E-state index in [0.717, 1.165) is 5.56 Å². The fourth-order valence-corrected chi connectivity index (χ4v) is 3.41. The van der Waals surface area contributed by atoms with Crippen LogP contribution in [0, 0.1) is 0 Å². The number of rotatable bonds is 4. The van der Waals surface area contributed by atoms with Crippen LogP contribution in [0.15, 0.2) is 36.9 Å². The van der Waals surface area contributed by atoms with Gasteiger partial charge < -0.3 is 5.11 Å². The first kappa shape index (κ1) is 16.3. The number of benzene rings is 1. The molecule has 0 fully saturated rings. The van der Waals surface area contributed by atoms with Crippen LogP contribution in [0.2, 0.25) is 5.02 Å². The van der Waals surface area contributed by atoms with Crippen LogP contribution in [0.3, 0.4) is 0 Å². The molecule has 2 aromatic rings. The highest BCUT2D eigenvalue weighted by atomic mass is 35.5. The van der Waals surface area contributed by atoms with E-state index in [9.17, 15) is 5.11 Å². The summed E-state index contributed by atoms with van der Waals surface area (Å²) in [5, 5.41) is 15.7. The van der Waals surface area contributed by atoms with Crippen molar-refractivity contribution >= 4 is 23.4 Å². The fourth-order valence-electron chi connectivity index (χ4n) is 2.03. The minimum atomic E-state index is -1.10. The molecular formula is C15H20ClN3OS. The molecule has 0 aliphatic heterocycles. The van der Waals surface area contributed by atoms with Crippen molar-refractivity contribution in [2.24, 2.45) is 0 Å². The van der Waals surface area contributed by atoms with Crippen LogP contribution in [0.25, 0.3) is 0 Å². The van der Waals surface area contributed by atoms with Crippen LogP contribution in [0.4, 0.5) is 0 Å². The van der Waals surface area contributed by atoms with Crippen molar-refractivity contribution in [1.82, 2.24) is 14.8 Å². The molecule has 0 bridgehead atoms. The number of thioether (sulfide) groups is 1. The van der Waals surface area contributed by atoms with Crippen LogP contribution in [0.1, 0.15) is 38.6 Å². The Labute approximate surface area is 134 Å². The maximum absolute atomic E-state index is 11.1. The largest absolute Gasteiger partial charge is 0.382 e. The molecule has 0 aliphatic carbocycles. The first-order chi connectivity index (χ1) is 9.70. The molecule has 21 heavy (non-hydrogen) atoms. The van der Waals surface area contributed by atoms with E-state index in [1.54, 1.807) is 41.8 Å². The van der Waals surface area contributed by atoms with Gasteiger partial charge in [-0.05, 0) is 24.6 Å². The topological polar surface area (TPSA) is 50.9 Å². The zero-order valence-electron chi connectivity index (χ0n) is 12.6. The van der Waals surface area contributed by atoms with E-state index in [1.165, 1.54) is 6.33 Å². The Bertz CT molecular complexity index is 576. The van der Waals surface area contributed by atoms with Gasteiger partial charge in [0.15, 0.2) is 0 Å². The maximum Gasteiger partial charge on any atom is 0.137 e. The highest BCUT2D eigenvalue weighted by molar-refractivity contribution is 8.00. The third-order valence-electron chi connectivity index (χ3n) is 3.05. The van der Waals surface area contributed by atoms with Gasteiger partial charge in [-0.25, -0.2) is 9.67 Å². The lowest BCUT2D eigenvalue weighted by atomic mass is 9.96. The summed E-state index contributed by atoms with van der Waals surface area (Å²) in [6, 6.07) is 7.25. The van der Waals surface area contributed by atoms with Crippen molar-refractivity contribution < 1.29 is 5.11 Å². The molecule has 1 aromatic carbocycles. The van der Waals surface area contributed by atoms with E-state index >= 15 is 0 Å². The Morgan fingerprint density at radius 2 is 1.81 bits per heavy atom. The molecule has 1 heterocycles. The Kier molecular flexibility index (Phi) is 4.66. The molecular weight excluding hydrogens is 306 g/mol. The lowest BCUT2D eigenvalue weighted by Crippen LogP contribution is -2.34. The number of halogens is 1. The molecule has 0 radical (unpaired) electrons. The molecule has 0 amide bonds. The van der Waals surface area contributed by atoms with E-state index in [2.05, 4.69) is 30.9 Å². The lowest BCUT2D eigenvalue weighted by Gasteiger charge is -2.36. The smallest absolute Gasteiger partial charge is 0.137 e. The highest BCUT2D eigenvalue weighted by Gasteiger charge is 2.38. The maximum atomic E-state index is 11.1. The number of hydrogen-bond donors (Lipinski definition) is 1. The van der Waals surface area contributed by atoms with Crippen molar-refractivity contribution in [1.29, 1.82) is 0 Å². The Morgan fingerprint density at radius 3 is 2.29 bits per heavy atom. The number of hydrogen-bond acceptors (Lipinski definition) is 4. The molecule has 0 aliphatic rings. The van der Waals surface area contributed by atoms with E-state index in [1.807, 2.05) is 12.1 Å². The summed E-state index contributed by atoms with van der Waals surface area (Å²) in [7, 11) is 0. The van der Waals surface area contributed by atoms with Gasteiger partial charge in [-0.3, -0.25) is 0 Å². The van der Waals surface area contributed by atoms with E-state index in [0.29, 0.717) is 5.02 Å².